The number of carbonyl (C=O) groups excluding carboxylic acids is 2. The van der Waals surface area contributed by atoms with Crippen molar-refractivity contribution in [2.45, 2.75) is 39.4 Å². The zero-order valence-corrected chi connectivity index (χ0v) is 18.8. The molecule has 6 nitrogen and oxygen atoms in total. The van der Waals surface area contributed by atoms with Gasteiger partial charge < -0.3 is 10.1 Å². The predicted molar refractivity (Wildman–Crippen MR) is 123 cm³/mol. The van der Waals surface area contributed by atoms with E-state index < -0.39 is 5.25 Å². The van der Waals surface area contributed by atoms with Gasteiger partial charge in [0, 0.05) is 13.0 Å². The largest absolute Gasteiger partial charge is 0.495 e. The van der Waals surface area contributed by atoms with Crippen LogP contribution in [0.2, 0.25) is 0 Å². The van der Waals surface area contributed by atoms with Crippen LogP contribution in [0.25, 0.3) is 0 Å². The molecule has 2 aromatic rings. The number of methoxy groups -OCH3 is 1. The van der Waals surface area contributed by atoms with E-state index in [0.717, 1.165) is 22.4 Å². The van der Waals surface area contributed by atoms with Gasteiger partial charge in [-0.25, -0.2) is 4.99 Å². The van der Waals surface area contributed by atoms with E-state index in [1.54, 1.807) is 12.0 Å². The molecule has 1 heterocycles. The number of aliphatic imine (C=N–C) groups is 1. The van der Waals surface area contributed by atoms with E-state index in [1.807, 2.05) is 58.0 Å². The van der Waals surface area contributed by atoms with E-state index in [-0.39, 0.29) is 18.2 Å². The molecule has 1 fully saturated rings. The lowest BCUT2D eigenvalue weighted by atomic mass is 10.1. The number of rotatable bonds is 6. The van der Waals surface area contributed by atoms with Crippen LogP contribution in [0.5, 0.6) is 5.75 Å². The van der Waals surface area contributed by atoms with Crippen molar-refractivity contribution in [1.82, 2.24) is 4.90 Å². The zero-order valence-electron chi connectivity index (χ0n) is 18.0. The number of nitrogens with zero attached hydrogens (tertiary/aromatic N) is 2. The standard InChI is InChI=1S/C23H27N3O3S/c1-6-26-22(28)20(30-23(26)24-17-10-15(3)9-16(4)11-17)13-21(27)25-18-12-14(2)7-8-19(18)29-5/h7-12,20H,6,13H2,1-5H3,(H,25,27). The Morgan fingerprint density at radius 3 is 2.47 bits per heavy atom. The Kier molecular flexibility index (Phi) is 6.82. The van der Waals surface area contributed by atoms with Crippen molar-refractivity contribution in [3.8, 4) is 5.75 Å². The van der Waals surface area contributed by atoms with Crippen molar-refractivity contribution >= 4 is 40.1 Å². The molecule has 0 aromatic heterocycles. The number of anilines is 1. The molecule has 158 valence electrons. The molecule has 2 amide bonds. The van der Waals surface area contributed by atoms with Gasteiger partial charge in [0.2, 0.25) is 11.8 Å². The molecular formula is C23H27N3O3S. The average molecular weight is 426 g/mol. The van der Waals surface area contributed by atoms with Crippen molar-refractivity contribution in [3.05, 3.63) is 53.1 Å². The fraction of sp³-hybridized carbons (Fsp3) is 0.348. The summed E-state index contributed by atoms with van der Waals surface area (Å²) < 4.78 is 5.32. The summed E-state index contributed by atoms with van der Waals surface area (Å²) in [5.41, 5.74) is 4.67. The third-order valence-corrected chi connectivity index (χ3v) is 5.94. The number of nitrogens with one attached hydrogen (secondary N) is 1. The number of hydrogen-bond acceptors (Lipinski definition) is 5. The normalized spacial score (nSPS) is 17.5. The maximum absolute atomic E-state index is 12.9. The van der Waals surface area contributed by atoms with Crippen molar-refractivity contribution in [1.29, 1.82) is 0 Å². The molecule has 30 heavy (non-hydrogen) atoms. The second-order valence-electron chi connectivity index (χ2n) is 7.39. The number of thioether (sulfide) groups is 1. The van der Waals surface area contributed by atoms with Crippen LogP contribution < -0.4 is 10.1 Å². The first-order chi connectivity index (χ1) is 14.3. The monoisotopic (exact) mass is 425 g/mol. The summed E-state index contributed by atoms with van der Waals surface area (Å²) in [6.45, 7) is 8.41. The van der Waals surface area contributed by atoms with E-state index in [4.69, 9.17) is 9.73 Å². The summed E-state index contributed by atoms with van der Waals surface area (Å²) in [5.74, 6) is 0.275. The summed E-state index contributed by atoms with van der Waals surface area (Å²) in [5, 5.41) is 3.02. The molecule has 0 spiro atoms. The molecule has 1 atom stereocenters. The molecular weight excluding hydrogens is 398 g/mol. The minimum absolute atomic E-state index is 0.0724. The molecule has 1 aliphatic rings. The first kappa shape index (κ1) is 21.9. The first-order valence-corrected chi connectivity index (χ1v) is 10.8. The predicted octanol–water partition coefficient (Wildman–Crippen LogP) is 4.60. The quantitative estimate of drug-likeness (QED) is 0.734. The van der Waals surface area contributed by atoms with E-state index in [9.17, 15) is 9.59 Å². The molecule has 1 saturated heterocycles. The van der Waals surface area contributed by atoms with Gasteiger partial charge in [-0.1, -0.05) is 23.9 Å². The summed E-state index contributed by atoms with van der Waals surface area (Å²) in [6, 6.07) is 11.6. The lowest BCUT2D eigenvalue weighted by molar-refractivity contribution is -0.128. The lowest BCUT2D eigenvalue weighted by Gasteiger charge is -2.14. The van der Waals surface area contributed by atoms with E-state index in [1.165, 1.54) is 11.8 Å². The lowest BCUT2D eigenvalue weighted by Crippen LogP contribution is -2.33. The van der Waals surface area contributed by atoms with Gasteiger partial charge >= 0.3 is 0 Å². The summed E-state index contributed by atoms with van der Waals surface area (Å²) in [7, 11) is 1.56. The van der Waals surface area contributed by atoms with Gasteiger partial charge in [0.25, 0.3) is 0 Å². The van der Waals surface area contributed by atoms with Gasteiger partial charge in [-0.3, -0.25) is 14.5 Å². The molecule has 1 unspecified atom stereocenters. The van der Waals surface area contributed by atoms with Gasteiger partial charge in [0.15, 0.2) is 5.17 Å². The van der Waals surface area contributed by atoms with Crippen LogP contribution in [0, 0.1) is 20.8 Å². The molecule has 7 heteroatoms. The van der Waals surface area contributed by atoms with Crippen LogP contribution >= 0.6 is 11.8 Å². The summed E-state index contributed by atoms with van der Waals surface area (Å²) in [4.78, 5) is 31.9. The summed E-state index contributed by atoms with van der Waals surface area (Å²) >= 11 is 1.34. The number of amidine groups is 1. The highest BCUT2D eigenvalue weighted by Crippen LogP contribution is 2.33. The number of carbonyl (C=O) groups is 2. The molecule has 2 aromatic carbocycles. The smallest absolute Gasteiger partial charge is 0.242 e. The number of aryl methyl sites for hydroxylation is 3. The second kappa shape index (κ2) is 9.34. The maximum atomic E-state index is 12.9. The topological polar surface area (TPSA) is 71.0 Å². The average Bonchev–Trinajstić information content (AvgIpc) is 2.95. The molecule has 0 radical (unpaired) electrons. The van der Waals surface area contributed by atoms with Crippen LogP contribution in [0.3, 0.4) is 0 Å². The van der Waals surface area contributed by atoms with Gasteiger partial charge in [-0.15, -0.1) is 0 Å². The Morgan fingerprint density at radius 2 is 1.83 bits per heavy atom. The van der Waals surface area contributed by atoms with Crippen LogP contribution in [0.15, 0.2) is 41.4 Å². The highest BCUT2D eigenvalue weighted by molar-refractivity contribution is 8.15. The SMILES string of the molecule is CCN1C(=O)C(CC(=O)Nc2cc(C)ccc2OC)SC1=Nc1cc(C)cc(C)c1. The second-order valence-corrected chi connectivity index (χ2v) is 8.56. The minimum atomic E-state index is -0.495. The minimum Gasteiger partial charge on any atom is -0.495 e. The number of amides is 2. The summed E-state index contributed by atoms with van der Waals surface area (Å²) in [6.07, 6.45) is 0.0724. The maximum Gasteiger partial charge on any atom is 0.242 e. The third-order valence-electron chi connectivity index (χ3n) is 4.77. The Labute approximate surface area is 181 Å². The Bertz CT molecular complexity index is 983. The highest BCUT2D eigenvalue weighted by atomic mass is 32.2. The van der Waals surface area contributed by atoms with Crippen molar-refractivity contribution < 1.29 is 14.3 Å². The fourth-order valence-corrected chi connectivity index (χ4v) is 4.65. The molecule has 0 saturated carbocycles. The van der Waals surface area contributed by atoms with Crippen LogP contribution in [-0.4, -0.2) is 40.8 Å². The van der Waals surface area contributed by atoms with Gasteiger partial charge in [-0.05, 0) is 68.7 Å². The van der Waals surface area contributed by atoms with Crippen LogP contribution in [0.1, 0.15) is 30.0 Å². The molecule has 1 N–H and O–H groups in total. The van der Waals surface area contributed by atoms with Gasteiger partial charge in [0.05, 0.1) is 18.5 Å². The Balaban J connectivity index is 1.75. The third kappa shape index (κ3) is 5.02. The van der Waals surface area contributed by atoms with E-state index in [2.05, 4.69) is 11.4 Å². The van der Waals surface area contributed by atoms with Crippen molar-refractivity contribution in [2.24, 2.45) is 4.99 Å². The molecule has 0 bridgehead atoms. The van der Waals surface area contributed by atoms with Gasteiger partial charge in [0.1, 0.15) is 11.0 Å². The molecule has 1 aliphatic heterocycles. The molecule has 3 rings (SSSR count). The highest BCUT2D eigenvalue weighted by Gasteiger charge is 2.38. The number of benzene rings is 2. The van der Waals surface area contributed by atoms with E-state index in [0.29, 0.717) is 23.1 Å². The Morgan fingerprint density at radius 1 is 1.13 bits per heavy atom. The number of hydrogen-bond donors (Lipinski definition) is 1. The fourth-order valence-electron chi connectivity index (χ4n) is 3.43. The zero-order chi connectivity index (χ0) is 21.8. The van der Waals surface area contributed by atoms with E-state index >= 15 is 0 Å². The van der Waals surface area contributed by atoms with Crippen LogP contribution in [0.4, 0.5) is 11.4 Å². The van der Waals surface area contributed by atoms with Gasteiger partial charge in [-0.2, -0.15) is 0 Å². The van der Waals surface area contributed by atoms with Crippen molar-refractivity contribution in [3.63, 3.8) is 0 Å². The Hall–Kier alpha value is -2.80. The van der Waals surface area contributed by atoms with Crippen molar-refractivity contribution in [2.75, 3.05) is 19.0 Å². The van der Waals surface area contributed by atoms with Crippen LogP contribution in [-0.2, 0) is 9.59 Å². The number of ether oxygens (including phenoxy) is 1. The molecule has 0 aliphatic carbocycles. The first-order valence-electron chi connectivity index (χ1n) is 9.90.